The van der Waals surface area contributed by atoms with Gasteiger partial charge in [-0.25, -0.2) is 14.4 Å². The van der Waals surface area contributed by atoms with E-state index < -0.39 is 17.6 Å². The zero-order chi connectivity index (χ0) is 31.7. The minimum atomic E-state index is -0.766. The van der Waals surface area contributed by atoms with Crippen LogP contribution in [0.25, 0.3) is 4.85 Å². The second-order valence-electron chi connectivity index (χ2n) is 11.3. The van der Waals surface area contributed by atoms with E-state index in [1.54, 1.807) is 36.2 Å². The van der Waals surface area contributed by atoms with Crippen molar-refractivity contribution in [3.8, 4) is 0 Å². The molecule has 0 unspecified atom stereocenters. The molecule has 13 nitrogen and oxygen atoms in total. The largest absolute Gasteiger partial charge is 0.467 e. The Balaban J connectivity index is 1.41. The Labute approximate surface area is 257 Å². The number of anilines is 4. The van der Waals surface area contributed by atoms with Gasteiger partial charge in [0.1, 0.15) is 11.6 Å². The minimum absolute atomic E-state index is 0.194. The number of esters is 1. The van der Waals surface area contributed by atoms with E-state index in [4.69, 9.17) is 16.0 Å². The van der Waals surface area contributed by atoms with Crippen LogP contribution in [0.1, 0.15) is 31.9 Å². The number of benzene rings is 2. The molecular weight excluding hydrogens is 562 g/mol. The van der Waals surface area contributed by atoms with Crippen LogP contribution in [0.5, 0.6) is 0 Å². The SMILES string of the molecule is [C-]#[N+]c1ccc(C[C@H](Nc2nc(NC)nc(Nc3cccc(CN4CCN(C(=O)OC(C)(C)C)CC4)c3)n2)C(=O)OC)cc1. The van der Waals surface area contributed by atoms with Crippen LogP contribution in [0.4, 0.5) is 34.0 Å². The number of piperazine rings is 1. The molecular formula is C31H39N9O4. The summed E-state index contributed by atoms with van der Waals surface area (Å²) in [6.45, 7) is 16.2. The first-order chi connectivity index (χ1) is 21.0. The van der Waals surface area contributed by atoms with E-state index in [1.807, 2.05) is 39.0 Å². The zero-order valence-corrected chi connectivity index (χ0v) is 25.8. The van der Waals surface area contributed by atoms with E-state index in [0.717, 1.165) is 36.4 Å². The Kier molecular flexibility index (Phi) is 10.5. The van der Waals surface area contributed by atoms with Crippen LogP contribution in [0, 0.1) is 6.57 Å². The molecule has 1 aliphatic rings. The summed E-state index contributed by atoms with van der Waals surface area (Å²) in [5.41, 5.74) is 2.74. The highest BCUT2D eigenvalue weighted by Gasteiger charge is 2.26. The summed E-state index contributed by atoms with van der Waals surface area (Å²) in [6, 6.07) is 14.2. The lowest BCUT2D eigenvalue weighted by molar-refractivity contribution is -0.141. The van der Waals surface area contributed by atoms with Gasteiger partial charge in [-0.3, -0.25) is 4.90 Å². The summed E-state index contributed by atoms with van der Waals surface area (Å²) in [4.78, 5) is 45.8. The normalized spacial score (nSPS) is 14.2. The number of hydrogen-bond acceptors (Lipinski definition) is 11. The third kappa shape index (κ3) is 9.27. The fourth-order valence-corrected chi connectivity index (χ4v) is 4.59. The maximum absolute atomic E-state index is 12.6. The number of rotatable bonds is 10. The molecule has 0 saturated carbocycles. The number of methoxy groups -OCH3 is 1. The van der Waals surface area contributed by atoms with Crippen LogP contribution < -0.4 is 16.0 Å². The molecule has 0 aliphatic carbocycles. The van der Waals surface area contributed by atoms with E-state index in [2.05, 4.69) is 46.7 Å². The average molecular weight is 602 g/mol. The number of carbonyl (C=O) groups is 2. The van der Waals surface area contributed by atoms with Crippen molar-refractivity contribution in [2.45, 2.75) is 45.4 Å². The van der Waals surface area contributed by atoms with Gasteiger partial charge in [-0.05, 0) is 44.0 Å². The highest BCUT2D eigenvalue weighted by molar-refractivity contribution is 5.79. The molecule has 3 aromatic rings. The Morgan fingerprint density at radius 2 is 1.66 bits per heavy atom. The van der Waals surface area contributed by atoms with E-state index in [0.29, 0.717) is 37.1 Å². The van der Waals surface area contributed by atoms with Crippen molar-refractivity contribution in [3.63, 3.8) is 0 Å². The Morgan fingerprint density at radius 1 is 0.977 bits per heavy atom. The third-order valence-corrected chi connectivity index (χ3v) is 6.77. The van der Waals surface area contributed by atoms with Crippen molar-refractivity contribution in [2.24, 2.45) is 0 Å². The van der Waals surface area contributed by atoms with Crippen LogP contribution in [0.2, 0.25) is 0 Å². The van der Waals surface area contributed by atoms with Crippen molar-refractivity contribution in [1.29, 1.82) is 0 Å². The number of ether oxygens (including phenoxy) is 2. The van der Waals surface area contributed by atoms with Gasteiger partial charge in [0.25, 0.3) is 0 Å². The number of amides is 1. The number of nitrogens with one attached hydrogen (secondary N) is 3. The summed E-state index contributed by atoms with van der Waals surface area (Å²) >= 11 is 0. The lowest BCUT2D eigenvalue weighted by Crippen LogP contribution is -2.49. The topological polar surface area (TPSA) is 138 Å². The molecule has 44 heavy (non-hydrogen) atoms. The number of carbonyl (C=O) groups excluding carboxylic acids is 2. The van der Waals surface area contributed by atoms with Gasteiger partial charge in [-0.1, -0.05) is 36.4 Å². The Hall–Kier alpha value is -4.96. The molecule has 0 bridgehead atoms. The number of nitrogens with zero attached hydrogens (tertiary/aromatic N) is 6. The zero-order valence-electron chi connectivity index (χ0n) is 25.8. The van der Waals surface area contributed by atoms with Gasteiger partial charge in [-0.2, -0.15) is 15.0 Å². The standard InChI is InChI=1S/C31H39N9O4/c1-31(2,3)44-30(42)40-16-14-39(15-17-40)20-22-8-7-9-24(18-22)34-28-36-27(33-5)37-29(38-28)35-25(26(41)43-6)19-21-10-12-23(32-4)13-11-21/h7-13,18,25H,14-17,19-20H2,1-3,5-6H3,(H3,33,34,35,36,37,38)/t25-/m0/s1. The molecule has 0 spiro atoms. The molecule has 13 heteroatoms. The van der Waals surface area contributed by atoms with E-state index in [1.165, 1.54) is 7.11 Å². The molecule has 1 fully saturated rings. The first-order valence-electron chi connectivity index (χ1n) is 14.4. The first kappa shape index (κ1) is 32.0. The van der Waals surface area contributed by atoms with Gasteiger partial charge in [0.15, 0.2) is 5.69 Å². The highest BCUT2D eigenvalue weighted by Crippen LogP contribution is 2.21. The molecule has 2 heterocycles. The first-order valence-corrected chi connectivity index (χ1v) is 14.4. The van der Waals surface area contributed by atoms with Crippen LogP contribution in [0.3, 0.4) is 0 Å². The summed E-state index contributed by atoms with van der Waals surface area (Å²) < 4.78 is 10.5. The second kappa shape index (κ2) is 14.5. The maximum Gasteiger partial charge on any atom is 0.410 e. The maximum atomic E-state index is 12.6. The van der Waals surface area contributed by atoms with E-state index in [-0.39, 0.29) is 12.0 Å². The summed E-state index contributed by atoms with van der Waals surface area (Å²) in [5, 5.41) is 9.25. The van der Waals surface area contributed by atoms with Crippen LogP contribution >= 0.6 is 0 Å². The molecule has 3 N–H and O–H groups in total. The van der Waals surface area contributed by atoms with Gasteiger partial charge in [-0.15, -0.1) is 0 Å². The third-order valence-electron chi connectivity index (χ3n) is 6.77. The predicted molar refractivity (Wildman–Crippen MR) is 168 cm³/mol. The van der Waals surface area contributed by atoms with Crippen LogP contribution in [0.15, 0.2) is 48.5 Å². The van der Waals surface area contributed by atoms with Crippen LogP contribution in [-0.4, -0.2) is 88.8 Å². The molecule has 232 valence electrons. The molecule has 1 amide bonds. The second-order valence-corrected chi connectivity index (χ2v) is 11.3. The Bertz CT molecular complexity index is 1480. The van der Waals surface area contributed by atoms with Gasteiger partial charge in [0, 0.05) is 51.9 Å². The van der Waals surface area contributed by atoms with Crippen LogP contribution in [-0.2, 0) is 27.2 Å². The summed E-state index contributed by atoms with van der Waals surface area (Å²) in [6.07, 6.45) is 0.0335. The van der Waals surface area contributed by atoms with Gasteiger partial charge in [0.05, 0.1) is 13.7 Å². The molecule has 1 aromatic heterocycles. The Morgan fingerprint density at radius 3 is 2.30 bits per heavy atom. The van der Waals surface area contributed by atoms with E-state index >= 15 is 0 Å². The highest BCUT2D eigenvalue weighted by atomic mass is 16.6. The summed E-state index contributed by atoms with van der Waals surface area (Å²) in [7, 11) is 3.02. The van der Waals surface area contributed by atoms with Gasteiger partial charge < -0.3 is 30.3 Å². The van der Waals surface area contributed by atoms with Crippen molar-refractivity contribution in [2.75, 3.05) is 56.3 Å². The fourth-order valence-electron chi connectivity index (χ4n) is 4.59. The number of aromatic nitrogens is 3. The smallest absolute Gasteiger partial charge is 0.410 e. The summed E-state index contributed by atoms with van der Waals surface area (Å²) in [5.74, 6) is 0.327. The predicted octanol–water partition coefficient (Wildman–Crippen LogP) is 4.46. The molecule has 0 radical (unpaired) electrons. The van der Waals surface area contributed by atoms with Crippen molar-refractivity contribution in [1.82, 2.24) is 24.8 Å². The monoisotopic (exact) mass is 601 g/mol. The minimum Gasteiger partial charge on any atom is -0.467 e. The van der Waals surface area contributed by atoms with Crippen molar-refractivity contribution >= 4 is 41.3 Å². The van der Waals surface area contributed by atoms with Crippen molar-refractivity contribution in [3.05, 3.63) is 71.1 Å². The average Bonchev–Trinajstić information content (AvgIpc) is 3.00. The molecule has 1 atom stereocenters. The molecule has 4 rings (SSSR count). The molecule has 1 aliphatic heterocycles. The molecule has 1 saturated heterocycles. The lowest BCUT2D eigenvalue weighted by Gasteiger charge is -2.35. The quantitative estimate of drug-likeness (QED) is 0.224. The van der Waals surface area contributed by atoms with Crippen molar-refractivity contribution < 1.29 is 19.1 Å². The fraction of sp³-hybridized carbons (Fsp3) is 0.419. The van der Waals surface area contributed by atoms with E-state index in [9.17, 15) is 9.59 Å². The van der Waals surface area contributed by atoms with Gasteiger partial charge in [0.2, 0.25) is 17.8 Å². The number of hydrogen-bond donors (Lipinski definition) is 3. The lowest BCUT2D eigenvalue weighted by atomic mass is 10.1. The molecule has 2 aromatic carbocycles. The van der Waals surface area contributed by atoms with Gasteiger partial charge >= 0.3 is 12.1 Å².